The van der Waals surface area contributed by atoms with Crippen molar-refractivity contribution < 1.29 is 23.1 Å². The van der Waals surface area contributed by atoms with Gasteiger partial charge in [0.15, 0.2) is 0 Å². The molecule has 2 fully saturated rings. The second-order valence-corrected chi connectivity index (χ2v) is 12.4. The van der Waals surface area contributed by atoms with Gasteiger partial charge in [0.05, 0.1) is 23.9 Å². The molecule has 0 bridgehead atoms. The van der Waals surface area contributed by atoms with E-state index >= 15 is 0 Å². The van der Waals surface area contributed by atoms with Crippen molar-refractivity contribution in [1.29, 1.82) is 0 Å². The zero-order valence-electron chi connectivity index (χ0n) is 21.5. The van der Waals surface area contributed by atoms with E-state index in [4.69, 9.17) is 11.6 Å². The molecule has 0 spiro atoms. The predicted octanol–water partition coefficient (Wildman–Crippen LogP) is 3.05. The first-order valence-electron chi connectivity index (χ1n) is 12.8. The normalized spacial score (nSPS) is 19.5. The minimum Gasteiger partial charge on any atom is -0.481 e. The third kappa shape index (κ3) is 6.01. The molecule has 0 saturated carbocycles. The molecule has 3 aromatic rings. The Morgan fingerprint density at radius 3 is 2.54 bits per heavy atom. The monoisotopic (exact) mass is 571 g/mol. The number of aliphatic carboxylic acids is 1. The maximum absolute atomic E-state index is 13.5. The number of carbonyl (C=O) groups excluding carboxylic acids is 1. The summed E-state index contributed by atoms with van der Waals surface area (Å²) in [5.74, 6) is -1.58. The summed E-state index contributed by atoms with van der Waals surface area (Å²) < 4.78 is 28.1. The molecular formula is C27H30ClN5O5S. The van der Waals surface area contributed by atoms with Crippen molar-refractivity contribution in [2.45, 2.75) is 43.2 Å². The van der Waals surface area contributed by atoms with E-state index in [1.165, 1.54) is 11.1 Å². The van der Waals surface area contributed by atoms with Gasteiger partial charge in [-0.15, -0.1) is 0 Å². The number of nitrogens with one attached hydrogen (secondary N) is 1. The number of aromatic nitrogens is 1. The average Bonchev–Trinajstić information content (AvgIpc) is 2.90. The molecule has 2 aliphatic heterocycles. The van der Waals surface area contributed by atoms with Gasteiger partial charge in [0.2, 0.25) is 10.0 Å². The number of hydrogen-bond acceptors (Lipinski definition) is 7. The highest BCUT2D eigenvalue weighted by Gasteiger charge is 2.40. The van der Waals surface area contributed by atoms with E-state index < -0.39 is 27.9 Å². The molecule has 2 aliphatic rings. The summed E-state index contributed by atoms with van der Waals surface area (Å²) in [6.07, 6.45) is 2.89. The SMILES string of the molecule is Cc1cc(N2CCC(NN3C(=O)CN(S(=O)(=O)c4ccc5cc(Cl)ccc5c4)CC3CC(=O)O)CC2)ccn1. The number of nitrogens with zero attached hydrogens (tertiary/aromatic N) is 4. The van der Waals surface area contributed by atoms with Gasteiger partial charge < -0.3 is 10.0 Å². The van der Waals surface area contributed by atoms with E-state index in [0.29, 0.717) is 10.4 Å². The molecule has 2 aromatic carbocycles. The minimum absolute atomic E-state index is 0.0410. The zero-order valence-corrected chi connectivity index (χ0v) is 23.0. The Balaban J connectivity index is 1.29. The molecule has 2 N–H and O–H groups in total. The Kier molecular flexibility index (Phi) is 7.77. The van der Waals surface area contributed by atoms with Crippen LogP contribution in [-0.2, 0) is 19.6 Å². The summed E-state index contributed by atoms with van der Waals surface area (Å²) in [5, 5.41) is 12.9. The molecule has 5 rings (SSSR count). The molecule has 39 heavy (non-hydrogen) atoms. The van der Waals surface area contributed by atoms with E-state index in [0.717, 1.165) is 47.0 Å². The number of piperazine rings is 1. The highest BCUT2D eigenvalue weighted by Crippen LogP contribution is 2.27. The van der Waals surface area contributed by atoms with Gasteiger partial charge in [0, 0.05) is 48.3 Å². The van der Waals surface area contributed by atoms with Gasteiger partial charge in [-0.05, 0) is 66.9 Å². The lowest BCUT2D eigenvalue weighted by molar-refractivity contribution is -0.147. The molecule has 2 saturated heterocycles. The number of benzene rings is 2. The van der Waals surface area contributed by atoms with Gasteiger partial charge in [0.1, 0.15) is 0 Å². The van der Waals surface area contributed by atoms with E-state index in [2.05, 4.69) is 15.3 Å². The van der Waals surface area contributed by atoms with Crippen LogP contribution in [-0.4, -0.2) is 78.0 Å². The zero-order chi connectivity index (χ0) is 27.7. The van der Waals surface area contributed by atoms with Crippen molar-refractivity contribution in [3.8, 4) is 0 Å². The topological polar surface area (TPSA) is 123 Å². The number of anilines is 1. The Morgan fingerprint density at radius 1 is 1.10 bits per heavy atom. The predicted molar refractivity (Wildman–Crippen MR) is 148 cm³/mol. The molecule has 1 unspecified atom stereocenters. The van der Waals surface area contributed by atoms with E-state index in [1.807, 2.05) is 19.1 Å². The van der Waals surface area contributed by atoms with Crippen molar-refractivity contribution in [2.24, 2.45) is 0 Å². The second kappa shape index (κ2) is 11.1. The number of fused-ring (bicyclic) bond motifs is 1. The van der Waals surface area contributed by atoms with Gasteiger partial charge in [-0.3, -0.25) is 19.6 Å². The molecule has 1 atom stereocenters. The molecule has 10 nitrogen and oxygen atoms in total. The Bertz CT molecular complexity index is 1510. The number of pyridine rings is 1. The fourth-order valence-corrected chi connectivity index (χ4v) is 6.87. The van der Waals surface area contributed by atoms with Crippen LogP contribution in [0.15, 0.2) is 59.6 Å². The number of carbonyl (C=O) groups is 2. The quantitative estimate of drug-likeness (QED) is 0.444. The largest absolute Gasteiger partial charge is 0.481 e. The van der Waals surface area contributed by atoms with Crippen LogP contribution in [0.5, 0.6) is 0 Å². The van der Waals surface area contributed by atoms with Gasteiger partial charge >= 0.3 is 5.97 Å². The number of carboxylic acid groups (broad SMARTS) is 1. The van der Waals surface area contributed by atoms with Crippen molar-refractivity contribution in [1.82, 2.24) is 19.7 Å². The first-order chi connectivity index (χ1) is 18.6. The summed E-state index contributed by atoms with van der Waals surface area (Å²) >= 11 is 6.04. The summed E-state index contributed by atoms with van der Waals surface area (Å²) in [5.41, 5.74) is 5.27. The lowest BCUT2D eigenvalue weighted by Gasteiger charge is -2.43. The first-order valence-corrected chi connectivity index (χ1v) is 14.6. The molecule has 0 radical (unpaired) electrons. The Labute approximate surface area is 232 Å². The van der Waals surface area contributed by atoms with Crippen molar-refractivity contribution >= 4 is 50.0 Å². The molecule has 3 heterocycles. The number of sulfonamides is 1. The maximum Gasteiger partial charge on any atom is 0.305 e. The van der Waals surface area contributed by atoms with Crippen LogP contribution in [0.4, 0.5) is 5.69 Å². The highest BCUT2D eigenvalue weighted by molar-refractivity contribution is 7.89. The highest BCUT2D eigenvalue weighted by atomic mass is 35.5. The number of rotatable bonds is 7. The number of carboxylic acids is 1. The second-order valence-electron chi connectivity index (χ2n) is 10.0. The van der Waals surface area contributed by atoms with Gasteiger partial charge in [-0.25, -0.2) is 13.8 Å². The standard InChI is InChI=1S/C27H30ClN5O5S/c1-18-12-23(6-9-29-18)31-10-7-22(8-11-31)30-33-24(15-27(35)36)16-32(17-26(33)34)39(37,38)25-5-3-19-13-21(28)4-2-20(19)14-25/h2-6,9,12-14,22,24,30H,7-8,10-11,15-17H2,1H3,(H,35,36). The molecule has 1 aromatic heterocycles. The van der Waals surface area contributed by atoms with E-state index in [1.54, 1.807) is 36.5 Å². The van der Waals surface area contributed by atoms with Crippen LogP contribution >= 0.6 is 11.6 Å². The fourth-order valence-electron chi connectivity index (χ4n) is 5.22. The molecule has 1 amide bonds. The number of hydrazine groups is 1. The van der Waals surface area contributed by atoms with Crippen LogP contribution in [0.1, 0.15) is 25.0 Å². The number of hydrogen-bond donors (Lipinski definition) is 2. The van der Waals surface area contributed by atoms with Crippen LogP contribution < -0.4 is 10.3 Å². The molecular weight excluding hydrogens is 542 g/mol. The lowest BCUT2D eigenvalue weighted by Crippen LogP contribution is -2.64. The smallest absolute Gasteiger partial charge is 0.305 e. The van der Waals surface area contributed by atoms with Gasteiger partial charge in [0.25, 0.3) is 5.91 Å². The average molecular weight is 572 g/mol. The Hall–Kier alpha value is -3.25. The van der Waals surface area contributed by atoms with Crippen LogP contribution in [0.3, 0.4) is 0 Å². The third-order valence-corrected chi connectivity index (χ3v) is 9.29. The van der Waals surface area contributed by atoms with Crippen LogP contribution in [0.2, 0.25) is 5.02 Å². The number of amides is 1. The van der Waals surface area contributed by atoms with Crippen LogP contribution in [0, 0.1) is 6.92 Å². The number of aryl methyl sites for hydroxylation is 1. The van der Waals surface area contributed by atoms with Crippen molar-refractivity contribution in [2.75, 3.05) is 31.1 Å². The van der Waals surface area contributed by atoms with Gasteiger partial charge in [-0.1, -0.05) is 23.7 Å². The molecule has 206 valence electrons. The lowest BCUT2D eigenvalue weighted by atomic mass is 10.0. The Morgan fingerprint density at radius 2 is 1.82 bits per heavy atom. The minimum atomic E-state index is -4.04. The van der Waals surface area contributed by atoms with Crippen molar-refractivity contribution in [3.63, 3.8) is 0 Å². The molecule has 0 aliphatic carbocycles. The summed E-state index contributed by atoms with van der Waals surface area (Å²) in [6.45, 7) is 2.98. The first kappa shape index (κ1) is 27.3. The summed E-state index contributed by atoms with van der Waals surface area (Å²) in [4.78, 5) is 31.5. The number of halogens is 1. The van der Waals surface area contributed by atoms with Gasteiger partial charge in [-0.2, -0.15) is 4.31 Å². The van der Waals surface area contributed by atoms with E-state index in [-0.39, 0.29) is 30.4 Å². The summed E-state index contributed by atoms with van der Waals surface area (Å²) in [7, 11) is -4.04. The maximum atomic E-state index is 13.5. The van der Waals surface area contributed by atoms with Crippen LogP contribution in [0.25, 0.3) is 10.8 Å². The molecule has 12 heteroatoms. The summed E-state index contributed by atoms with van der Waals surface area (Å²) in [6, 6.07) is 13.0. The third-order valence-electron chi connectivity index (χ3n) is 7.24. The van der Waals surface area contributed by atoms with E-state index in [9.17, 15) is 23.1 Å². The van der Waals surface area contributed by atoms with Crippen molar-refractivity contribution in [3.05, 3.63) is 65.4 Å². The fraction of sp³-hybridized carbons (Fsp3) is 0.370. The number of piperidine rings is 1.